The first-order valence-corrected chi connectivity index (χ1v) is 9.94. The van der Waals surface area contributed by atoms with E-state index in [0.29, 0.717) is 9.92 Å². The topological polar surface area (TPSA) is 37.4 Å². The van der Waals surface area contributed by atoms with E-state index in [2.05, 4.69) is 6.08 Å². The maximum atomic E-state index is 13.2. The van der Waals surface area contributed by atoms with Crippen molar-refractivity contribution in [3.8, 4) is 11.1 Å². The number of rotatable bonds is 3. The number of nitrogens with zero attached hydrogens (tertiary/aromatic N) is 1. The van der Waals surface area contributed by atoms with Crippen LogP contribution in [0.15, 0.2) is 65.6 Å². The second kappa shape index (κ2) is 6.03. The molecule has 2 aromatic carbocycles. The Morgan fingerprint density at radius 1 is 1.00 bits per heavy atom. The zero-order valence-corrected chi connectivity index (χ0v) is 14.7. The lowest BCUT2D eigenvalue weighted by atomic mass is 10.1. The van der Waals surface area contributed by atoms with Gasteiger partial charge in [-0.05, 0) is 54.7 Å². The normalized spacial score (nSPS) is 23.5. The molecular weight excluding hydrogens is 342 g/mol. The van der Waals surface area contributed by atoms with Crippen molar-refractivity contribution in [2.45, 2.75) is 36.2 Å². The third kappa shape index (κ3) is 2.69. The van der Waals surface area contributed by atoms with Crippen molar-refractivity contribution < 1.29 is 8.42 Å². The van der Waals surface area contributed by atoms with Crippen molar-refractivity contribution in [1.29, 1.82) is 0 Å². The Bertz CT molecular complexity index is 890. The van der Waals surface area contributed by atoms with Gasteiger partial charge in [-0.15, -0.1) is 0 Å². The van der Waals surface area contributed by atoms with E-state index in [0.717, 1.165) is 30.4 Å². The smallest absolute Gasteiger partial charge is 0.207 e. The molecule has 2 atom stereocenters. The van der Waals surface area contributed by atoms with Crippen LogP contribution in [0.1, 0.15) is 19.3 Å². The summed E-state index contributed by atoms with van der Waals surface area (Å²) < 4.78 is 28.0. The van der Waals surface area contributed by atoms with Gasteiger partial charge < -0.3 is 0 Å². The maximum absolute atomic E-state index is 13.2. The van der Waals surface area contributed by atoms with Gasteiger partial charge >= 0.3 is 0 Å². The summed E-state index contributed by atoms with van der Waals surface area (Å²) in [5.41, 5.74) is 1.84. The lowest BCUT2D eigenvalue weighted by Gasteiger charge is -2.30. The third-order valence-corrected chi connectivity index (χ3v) is 7.06. The number of sulfonamides is 1. The monoisotopic (exact) mass is 359 g/mol. The predicted octanol–water partition coefficient (Wildman–Crippen LogP) is 4.49. The van der Waals surface area contributed by atoms with Gasteiger partial charge in [-0.2, -0.15) is 4.31 Å². The van der Waals surface area contributed by atoms with Crippen molar-refractivity contribution >= 4 is 21.6 Å². The van der Waals surface area contributed by atoms with Crippen LogP contribution in [0.3, 0.4) is 0 Å². The summed E-state index contributed by atoms with van der Waals surface area (Å²) in [7, 11) is -3.48. The average Bonchev–Trinajstić information content (AvgIpc) is 2.86. The second-order valence-electron chi connectivity index (χ2n) is 6.33. The van der Waals surface area contributed by atoms with Crippen LogP contribution in [-0.4, -0.2) is 24.8 Å². The van der Waals surface area contributed by atoms with E-state index in [1.165, 1.54) is 0 Å². The van der Waals surface area contributed by atoms with Crippen molar-refractivity contribution in [3.05, 3.63) is 65.7 Å². The fraction of sp³-hybridized carbons (Fsp3) is 0.263. The molecule has 0 saturated carbocycles. The van der Waals surface area contributed by atoms with E-state index >= 15 is 0 Å². The summed E-state index contributed by atoms with van der Waals surface area (Å²) in [5.74, 6) is 0. The Balaban J connectivity index is 1.73. The highest BCUT2D eigenvalue weighted by atomic mass is 35.5. The largest absolute Gasteiger partial charge is 0.243 e. The van der Waals surface area contributed by atoms with Crippen molar-refractivity contribution in [2.75, 3.05) is 0 Å². The van der Waals surface area contributed by atoms with Crippen LogP contribution in [0.25, 0.3) is 11.1 Å². The lowest BCUT2D eigenvalue weighted by molar-refractivity contribution is 0.341. The molecule has 2 bridgehead atoms. The molecule has 2 aliphatic heterocycles. The van der Waals surface area contributed by atoms with Crippen LogP contribution in [0.5, 0.6) is 0 Å². The van der Waals surface area contributed by atoms with Crippen LogP contribution >= 0.6 is 11.6 Å². The molecule has 3 nitrogen and oxygen atoms in total. The van der Waals surface area contributed by atoms with E-state index in [1.807, 2.05) is 36.4 Å². The summed E-state index contributed by atoms with van der Waals surface area (Å²) >= 11 is 5.93. The van der Waals surface area contributed by atoms with Crippen LogP contribution < -0.4 is 0 Å². The molecule has 0 aliphatic carbocycles. The average molecular weight is 360 g/mol. The first-order chi connectivity index (χ1) is 11.6. The van der Waals surface area contributed by atoms with Crippen molar-refractivity contribution in [3.63, 3.8) is 0 Å². The molecule has 0 aromatic heterocycles. The first kappa shape index (κ1) is 15.9. The number of halogens is 1. The van der Waals surface area contributed by atoms with Gasteiger partial charge in [-0.1, -0.05) is 48.0 Å². The van der Waals surface area contributed by atoms with Crippen molar-refractivity contribution in [2.24, 2.45) is 0 Å². The molecule has 0 amide bonds. The van der Waals surface area contributed by atoms with E-state index in [1.54, 1.807) is 22.5 Å². The molecule has 5 heteroatoms. The Morgan fingerprint density at radius 3 is 2.54 bits per heavy atom. The fourth-order valence-corrected chi connectivity index (χ4v) is 5.67. The van der Waals surface area contributed by atoms with Gasteiger partial charge in [0.1, 0.15) is 0 Å². The Kier molecular flexibility index (Phi) is 3.99. The Hall–Kier alpha value is -1.62. The summed E-state index contributed by atoms with van der Waals surface area (Å²) in [5, 5.41) is 0.666. The number of benzene rings is 2. The second-order valence-corrected chi connectivity index (χ2v) is 8.61. The summed E-state index contributed by atoms with van der Waals surface area (Å²) in [4.78, 5) is 0.363. The summed E-state index contributed by atoms with van der Waals surface area (Å²) in [6.45, 7) is 0. The molecule has 2 unspecified atom stereocenters. The highest BCUT2D eigenvalue weighted by Crippen LogP contribution is 2.37. The number of hydrogen-bond acceptors (Lipinski definition) is 2. The Morgan fingerprint density at radius 2 is 1.79 bits per heavy atom. The molecule has 1 fully saturated rings. The van der Waals surface area contributed by atoms with Crippen molar-refractivity contribution in [1.82, 2.24) is 4.31 Å². The lowest BCUT2D eigenvalue weighted by Crippen LogP contribution is -2.41. The zero-order valence-electron chi connectivity index (χ0n) is 13.1. The highest BCUT2D eigenvalue weighted by molar-refractivity contribution is 7.89. The van der Waals surface area contributed by atoms with E-state index in [-0.39, 0.29) is 12.1 Å². The fourth-order valence-electron chi connectivity index (χ4n) is 3.66. The SMILES string of the molecule is O=S(=O)(c1cccc(-c2ccc(Cl)cc2)c1)N1C2C=CCC1CC2. The van der Waals surface area contributed by atoms with E-state index in [9.17, 15) is 8.42 Å². The summed E-state index contributed by atoms with van der Waals surface area (Å²) in [6, 6.07) is 14.7. The molecule has 4 rings (SSSR count). The molecular formula is C19H18ClNO2S. The van der Waals surface area contributed by atoms with Gasteiger partial charge in [0.25, 0.3) is 0 Å². The molecule has 124 valence electrons. The Labute approximate surface area is 147 Å². The van der Waals surface area contributed by atoms with Gasteiger partial charge in [0.2, 0.25) is 10.0 Å². The molecule has 2 aromatic rings. The van der Waals surface area contributed by atoms with Gasteiger partial charge in [0, 0.05) is 17.1 Å². The van der Waals surface area contributed by atoms with Crippen LogP contribution in [0.4, 0.5) is 0 Å². The van der Waals surface area contributed by atoms with Gasteiger partial charge in [0.15, 0.2) is 0 Å². The minimum Gasteiger partial charge on any atom is -0.207 e. The molecule has 0 radical (unpaired) electrons. The molecule has 2 heterocycles. The van der Waals surface area contributed by atoms with Gasteiger partial charge in [0.05, 0.1) is 4.90 Å². The summed E-state index contributed by atoms with van der Waals surface area (Å²) in [6.07, 6.45) is 6.81. The number of hydrogen-bond donors (Lipinski definition) is 0. The van der Waals surface area contributed by atoms with E-state index in [4.69, 9.17) is 11.6 Å². The minimum absolute atomic E-state index is 0.00735. The van der Waals surface area contributed by atoms with Crippen LogP contribution in [-0.2, 0) is 10.0 Å². The molecule has 0 spiro atoms. The van der Waals surface area contributed by atoms with Gasteiger partial charge in [-0.25, -0.2) is 8.42 Å². The van der Waals surface area contributed by atoms with Crippen LogP contribution in [0.2, 0.25) is 5.02 Å². The van der Waals surface area contributed by atoms with E-state index < -0.39 is 10.0 Å². The molecule has 24 heavy (non-hydrogen) atoms. The maximum Gasteiger partial charge on any atom is 0.243 e. The first-order valence-electron chi connectivity index (χ1n) is 8.12. The molecule has 1 saturated heterocycles. The number of fused-ring (bicyclic) bond motifs is 2. The minimum atomic E-state index is -3.48. The zero-order chi connectivity index (χ0) is 16.7. The standard InChI is InChI=1S/C19H18ClNO2S/c20-16-9-7-14(8-10-16)15-3-1-6-19(13-15)24(22,23)21-17-4-2-5-18(21)12-11-17/h1-4,6-10,13,17-18H,5,11-12H2. The highest BCUT2D eigenvalue weighted by Gasteiger charge is 2.42. The third-order valence-electron chi connectivity index (χ3n) is 4.84. The molecule has 0 N–H and O–H groups in total. The quantitative estimate of drug-likeness (QED) is 0.757. The van der Waals surface area contributed by atoms with Crippen LogP contribution in [0, 0.1) is 0 Å². The van der Waals surface area contributed by atoms with Gasteiger partial charge in [-0.3, -0.25) is 0 Å². The predicted molar refractivity (Wildman–Crippen MR) is 96.5 cm³/mol. The molecule has 2 aliphatic rings.